The SMILES string of the molecule is CCNC(=O)C(C)Oc1c(Br)cc(C(=O)O)cc1OCC. The summed E-state index contributed by atoms with van der Waals surface area (Å²) in [6.07, 6.45) is -0.726. The van der Waals surface area contributed by atoms with Crippen LogP contribution in [0, 0.1) is 0 Å². The van der Waals surface area contributed by atoms with Gasteiger partial charge in [-0.1, -0.05) is 0 Å². The van der Waals surface area contributed by atoms with Gasteiger partial charge in [0, 0.05) is 6.54 Å². The third-order valence-corrected chi connectivity index (χ3v) is 3.16. The summed E-state index contributed by atoms with van der Waals surface area (Å²) < 4.78 is 11.4. The van der Waals surface area contributed by atoms with Crippen LogP contribution >= 0.6 is 15.9 Å². The van der Waals surface area contributed by atoms with Gasteiger partial charge in [-0.25, -0.2) is 4.79 Å². The van der Waals surface area contributed by atoms with Gasteiger partial charge < -0.3 is 19.9 Å². The molecule has 0 aliphatic heterocycles. The summed E-state index contributed by atoms with van der Waals surface area (Å²) in [6.45, 7) is 6.05. The molecule has 0 radical (unpaired) electrons. The summed E-state index contributed by atoms with van der Waals surface area (Å²) >= 11 is 3.25. The molecule has 6 nitrogen and oxygen atoms in total. The number of carbonyl (C=O) groups is 2. The number of carboxylic acids is 1. The second kappa shape index (κ2) is 7.87. The topological polar surface area (TPSA) is 84.9 Å². The Bertz CT molecular complexity index is 532. The van der Waals surface area contributed by atoms with E-state index in [0.717, 1.165) is 0 Å². The van der Waals surface area contributed by atoms with Crippen LogP contribution < -0.4 is 14.8 Å². The highest BCUT2D eigenvalue weighted by Gasteiger charge is 2.20. The summed E-state index contributed by atoms with van der Waals surface area (Å²) in [7, 11) is 0. The van der Waals surface area contributed by atoms with Gasteiger partial charge in [0.05, 0.1) is 16.6 Å². The van der Waals surface area contributed by atoms with E-state index in [1.807, 2.05) is 6.92 Å². The molecule has 1 amide bonds. The molecule has 116 valence electrons. The zero-order valence-electron chi connectivity index (χ0n) is 12.1. The van der Waals surface area contributed by atoms with E-state index in [2.05, 4.69) is 21.2 Å². The van der Waals surface area contributed by atoms with Gasteiger partial charge in [0.1, 0.15) is 0 Å². The fraction of sp³-hybridized carbons (Fsp3) is 0.429. The average molecular weight is 360 g/mol. The van der Waals surface area contributed by atoms with E-state index in [-0.39, 0.29) is 17.2 Å². The van der Waals surface area contributed by atoms with Crippen LogP contribution in [-0.2, 0) is 4.79 Å². The third kappa shape index (κ3) is 4.63. The number of nitrogens with one attached hydrogen (secondary N) is 1. The molecule has 0 saturated heterocycles. The largest absolute Gasteiger partial charge is 0.490 e. The monoisotopic (exact) mass is 359 g/mol. The lowest BCUT2D eigenvalue weighted by Crippen LogP contribution is -2.36. The van der Waals surface area contributed by atoms with Crippen molar-refractivity contribution in [3.8, 4) is 11.5 Å². The van der Waals surface area contributed by atoms with Crippen molar-refractivity contribution in [2.75, 3.05) is 13.2 Å². The van der Waals surface area contributed by atoms with Gasteiger partial charge in [-0.05, 0) is 48.8 Å². The van der Waals surface area contributed by atoms with Crippen molar-refractivity contribution in [1.82, 2.24) is 5.32 Å². The number of ether oxygens (including phenoxy) is 2. The van der Waals surface area contributed by atoms with E-state index in [1.165, 1.54) is 12.1 Å². The Kier molecular flexibility index (Phi) is 6.48. The maximum Gasteiger partial charge on any atom is 0.335 e. The fourth-order valence-electron chi connectivity index (χ4n) is 1.62. The number of benzene rings is 1. The second-order valence-corrected chi connectivity index (χ2v) is 5.03. The van der Waals surface area contributed by atoms with E-state index in [4.69, 9.17) is 14.6 Å². The van der Waals surface area contributed by atoms with Crippen LogP contribution in [0.1, 0.15) is 31.1 Å². The highest BCUT2D eigenvalue weighted by Crippen LogP contribution is 2.37. The Morgan fingerprint density at radius 1 is 1.38 bits per heavy atom. The Hall–Kier alpha value is -1.76. The van der Waals surface area contributed by atoms with Crippen molar-refractivity contribution in [2.24, 2.45) is 0 Å². The lowest BCUT2D eigenvalue weighted by molar-refractivity contribution is -0.127. The lowest BCUT2D eigenvalue weighted by Gasteiger charge is -2.18. The Morgan fingerprint density at radius 3 is 2.57 bits per heavy atom. The molecule has 2 N–H and O–H groups in total. The fourth-order valence-corrected chi connectivity index (χ4v) is 2.15. The number of hydrogen-bond acceptors (Lipinski definition) is 4. The van der Waals surface area contributed by atoms with Crippen molar-refractivity contribution in [3.05, 3.63) is 22.2 Å². The Balaban J connectivity index is 3.10. The van der Waals surface area contributed by atoms with E-state index in [0.29, 0.717) is 23.4 Å². The number of amides is 1. The van der Waals surface area contributed by atoms with Crippen molar-refractivity contribution in [3.63, 3.8) is 0 Å². The zero-order chi connectivity index (χ0) is 16.0. The molecule has 1 atom stereocenters. The highest BCUT2D eigenvalue weighted by atomic mass is 79.9. The Morgan fingerprint density at radius 2 is 2.05 bits per heavy atom. The maximum atomic E-state index is 11.7. The standard InChI is InChI=1S/C14H18BrNO5/c1-4-16-13(17)8(3)21-12-10(15)6-9(14(18)19)7-11(12)20-5-2/h6-8H,4-5H2,1-3H3,(H,16,17)(H,18,19). The highest BCUT2D eigenvalue weighted by molar-refractivity contribution is 9.10. The normalized spacial score (nSPS) is 11.6. The van der Waals surface area contributed by atoms with Gasteiger partial charge in [0.2, 0.25) is 0 Å². The van der Waals surface area contributed by atoms with Gasteiger partial charge >= 0.3 is 5.97 Å². The van der Waals surface area contributed by atoms with Crippen molar-refractivity contribution >= 4 is 27.8 Å². The molecular formula is C14H18BrNO5. The summed E-state index contributed by atoms with van der Waals surface area (Å²) in [4.78, 5) is 22.8. The van der Waals surface area contributed by atoms with Gasteiger partial charge in [-0.3, -0.25) is 4.79 Å². The van der Waals surface area contributed by atoms with Crippen molar-refractivity contribution < 1.29 is 24.2 Å². The van der Waals surface area contributed by atoms with Gasteiger partial charge in [0.25, 0.3) is 5.91 Å². The minimum atomic E-state index is -1.07. The van der Waals surface area contributed by atoms with Gasteiger partial charge in [-0.15, -0.1) is 0 Å². The molecule has 0 saturated carbocycles. The van der Waals surface area contributed by atoms with Crippen LogP contribution in [0.2, 0.25) is 0 Å². The first-order valence-electron chi connectivity index (χ1n) is 6.54. The molecule has 0 aromatic heterocycles. The molecule has 0 bridgehead atoms. The van der Waals surface area contributed by atoms with E-state index in [1.54, 1.807) is 13.8 Å². The van der Waals surface area contributed by atoms with Crippen LogP contribution in [-0.4, -0.2) is 36.2 Å². The van der Waals surface area contributed by atoms with Crippen LogP contribution in [0.5, 0.6) is 11.5 Å². The molecule has 1 rings (SSSR count). The molecule has 0 fully saturated rings. The minimum absolute atomic E-state index is 0.0725. The number of halogens is 1. The number of carbonyl (C=O) groups excluding carboxylic acids is 1. The van der Waals surface area contributed by atoms with Crippen LogP contribution in [0.25, 0.3) is 0 Å². The molecule has 1 aromatic carbocycles. The smallest absolute Gasteiger partial charge is 0.335 e. The first-order chi connectivity index (χ1) is 9.90. The summed E-state index contributed by atoms with van der Waals surface area (Å²) in [5.74, 6) is -0.741. The molecule has 1 aromatic rings. The third-order valence-electron chi connectivity index (χ3n) is 2.57. The zero-order valence-corrected chi connectivity index (χ0v) is 13.7. The molecule has 0 spiro atoms. The van der Waals surface area contributed by atoms with E-state index >= 15 is 0 Å². The van der Waals surface area contributed by atoms with Crippen LogP contribution in [0.15, 0.2) is 16.6 Å². The predicted octanol–water partition coefficient (Wildman–Crippen LogP) is 2.45. The van der Waals surface area contributed by atoms with Crippen molar-refractivity contribution in [1.29, 1.82) is 0 Å². The molecule has 1 unspecified atom stereocenters. The molecule has 0 heterocycles. The number of carboxylic acid groups (broad SMARTS) is 1. The van der Waals surface area contributed by atoms with Crippen LogP contribution in [0.4, 0.5) is 0 Å². The number of likely N-dealkylation sites (N-methyl/N-ethyl adjacent to an activating group) is 1. The van der Waals surface area contributed by atoms with Gasteiger partial charge in [0.15, 0.2) is 17.6 Å². The number of rotatable bonds is 7. The molecule has 7 heteroatoms. The van der Waals surface area contributed by atoms with Crippen molar-refractivity contribution in [2.45, 2.75) is 26.9 Å². The molecule has 0 aliphatic carbocycles. The summed E-state index contributed by atoms with van der Waals surface area (Å²) in [5, 5.41) is 11.7. The second-order valence-electron chi connectivity index (χ2n) is 4.18. The van der Waals surface area contributed by atoms with Gasteiger partial charge in [-0.2, -0.15) is 0 Å². The number of hydrogen-bond donors (Lipinski definition) is 2. The quantitative estimate of drug-likeness (QED) is 0.780. The maximum absolute atomic E-state index is 11.7. The predicted molar refractivity (Wildman–Crippen MR) is 81.0 cm³/mol. The molecule has 0 aliphatic rings. The first kappa shape index (κ1) is 17.3. The van der Waals surface area contributed by atoms with E-state index in [9.17, 15) is 9.59 Å². The number of aromatic carboxylic acids is 1. The Labute approximate surface area is 131 Å². The first-order valence-corrected chi connectivity index (χ1v) is 7.33. The minimum Gasteiger partial charge on any atom is -0.490 e. The average Bonchev–Trinajstić information content (AvgIpc) is 2.42. The summed E-state index contributed by atoms with van der Waals surface area (Å²) in [5.41, 5.74) is 0.0725. The van der Waals surface area contributed by atoms with Crippen LogP contribution in [0.3, 0.4) is 0 Å². The lowest BCUT2D eigenvalue weighted by atomic mass is 10.2. The molecular weight excluding hydrogens is 342 g/mol. The molecule has 21 heavy (non-hydrogen) atoms. The van der Waals surface area contributed by atoms with E-state index < -0.39 is 12.1 Å². The summed E-state index contributed by atoms with van der Waals surface area (Å²) in [6, 6.07) is 2.78.